The summed E-state index contributed by atoms with van der Waals surface area (Å²) in [5.74, 6) is 0.395. The minimum absolute atomic E-state index is 0.0978. The molecule has 0 aromatic carbocycles. The maximum Gasteiger partial charge on any atom is 0.263 e. The molecule has 0 aliphatic rings. The van der Waals surface area contributed by atoms with Crippen LogP contribution in [0.5, 0.6) is 0 Å². The molecule has 4 nitrogen and oxygen atoms in total. The molecule has 0 aliphatic heterocycles. The fourth-order valence-electron chi connectivity index (χ4n) is 1.09. The van der Waals surface area contributed by atoms with Gasteiger partial charge in [0.2, 0.25) is 0 Å². The Labute approximate surface area is 82.2 Å². The lowest BCUT2D eigenvalue weighted by molar-refractivity contribution is -0.0782. The van der Waals surface area contributed by atoms with E-state index in [0.717, 1.165) is 0 Å². The van der Waals surface area contributed by atoms with Crippen molar-refractivity contribution in [1.29, 1.82) is 0 Å². The van der Waals surface area contributed by atoms with E-state index >= 15 is 0 Å². The summed E-state index contributed by atoms with van der Waals surface area (Å²) in [6.45, 7) is 7.60. The molecule has 1 aromatic rings. The summed E-state index contributed by atoms with van der Waals surface area (Å²) in [5.41, 5.74) is -0.589. The van der Waals surface area contributed by atoms with E-state index in [-0.39, 0.29) is 11.4 Å². The predicted molar refractivity (Wildman–Crippen MR) is 48.6 cm³/mol. The molecule has 0 radical (unpaired) electrons. The van der Waals surface area contributed by atoms with Gasteiger partial charge in [0.1, 0.15) is 5.60 Å². The zero-order chi connectivity index (χ0) is 10.1. The van der Waals surface area contributed by atoms with Crippen LogP contribution in [-0.2, 0) is 10.3 Å². The second-order valence-corrected chi connectivity index (χ2v) is 3.88. The van der Waals surface area contributed by atoms with Gasteiger partial charge in [-0.3, -0.25) is 0 Å². The van der Waals surface area contributed by atoms with Gasteiger partial charge in [0.05, 0.1) is 6.10 Å². The minimum Gasteiger partial charge on any atom is -0.363 e. The molecule has 1 aromatic heterocycles. The number of hydrogen-bond donors (Lipinski definition) is 0. The highest BCUT2D eigenvalue weighted by molar-refractivity contribution is 6.28. The van der Waals surface area contributed by atoms with E-state index in [1.54, 1.807) is 0 Å². The largest absolute Gasteiger partial charge is 0.363 e. The quantitative estimate of drug-likeness (QED) is 0.759. The van der Waals surface area contributed by atoms with Gasteiger partial charge < -0.3 is 9.26 Å². The third kappa shape index (κ3) is 2.67. The highest BCUT2D eigenvalue weighted by Gasteiger charge is 2.29. The Morgan fingerprint density at radius 1 is 1.46 bits per heavy atom. The van der Waals surface area contributed by atoms with Crippen molar-refractivity contribution in [2.75, 3.05) is 0 Å². The van der Waals surface area contributed by atoms with Crippen molar-refractivity contribution in [1.82, 2.24) is 10.1 Å². The van der Waals surface area contributed by atoms with Crippen LogP contribution in [0.25, 0.3) is 0 Å². The monoisotopic (exact) mass is 204 g/mol. The molecule has 0 saturated heterocycles. The first-order valence-corrected chi connectivity index (χ1v) is 4.47. The van der Waals surface area contributed by atoms with Crippen molar-refractivity contribution in [3.05, 3.63) is 11.2 Å². The zero-order valence-electron chi connectivity index (χ0n) is 8.17. The van der Waals surface area contributed by atoms with E-state index in [0.29, 0.717) is 5.89 Å². The average molecular weight is 205 g/mol. The summed E-state index contributed by atoms with van der Waals surface area (Å²) in [6, 6.07) is 0. The molecule has 5 heteroatoms. The van der Waals surface area contributed by atoms with E-state index in [1.165, 1.54) is 0 Å². The first-order chi connectivity index (χ1) is 5.92. The molecule has 0 unspecified atom stereocenters. The molecular formula is C8H13ClN2O2. The van der Waals surface area contributed by atoms with Crippen LogP contribution in [0.1, 0.15) is 33.6 Å². The summed E-state index contributed by atoms with van der Waals surface area (Å²) < 4.78 is 10.5. The van der Waals surface area contributed by atoms with Gasteiger partial charge in [-0.25, -0.2) is 0 Å². The molecule has 0 fully saturated rings. The molecule has 0 aliphatic carbocycles. The van der Waals surface area contributed by atoms with E-state index in [4.69, 9.17) is 20.9 Å². The van der Waals surface area contributed by atoms with Gasteiger partial charge in [-0.2, -0.15) is 4.98 Å². The molecule has 0 spiro atoms. The Kier molecular flexibility index (Phi) is 2.93. The summed E-state index contributed by atoms with van der Waals surface area (Å²) in [4.78, 5) is 3.90. The number of rotatable bonds is 3. The Morgan fingerprint density at radius 3 is 2.46 bits per heavy atom. The van der Waals surface area contributed by atoms with Crippen molar-refractivity contribution in [3.8, 4) is 0 Å². The molecule has 0 bridgehead atoms. The number of halogens is 1. The maximum absolute atomic E-state index is 5.58. The second-order valence-electron chi connectivity index (χ2n) is 3.55. The van der Waals surface area contributed by atoms with Crippen molar-refractivity contribution in [3.63, 3.8) is 0 Å². The number of hydrogen-bond acceptors (Lipinski definition) is 4. The summed E-state index contributed by atoms with van der Waals surface area (Å²) >= 11 is 5.53. The molecule has 0 N–H and O–H groups in total. The fraction of sp³-hybridized carbons (Fsp3) is 0.750. The van der Waals surface area contributed by atoms with Crippen molar-refractivity contribution in [2.24, 2.45) is 0 Å². The first-order valence-electron chi connectivity index (χ1n) is 4.09. The van der Waals surface area contributed by atoms with Crippen molar-refractivity contribution < 1.29 is 9.26 Å². The standard InChI is InChI=1S/C8H13ClN2O2/c1-5(2)12-8(3,4)6-10-7(9)11-13-6/h5H,1-4H3. The van der Waals surface area contributed by atoms with Crippen LogP contribution >= 0.6 is 11.6 Å². The van der Waals surface area contributed by atoms with E-state index < -0.39 is 5.60 Å². The van der Waals surface area contributed by atoms with Gasteiger partial charge in [0.25, 0.3) is 11.2 Å². The summed E-state index contributed by atoms with van der Waals surface area (Å²) in [7, 11) is 0. The SMILES string of the molecule is CC(C)OC(C)(C)c1nc(Cl)no1. The Morgan fingerprint density at radius 2 is 2.08 bits per heavy atom. The topological polar surface area (TPSA) is 48.2 Å². The molecule has 1 heterocycles. The Hall–Kier alpha value is -0.610. The minimum atomic E-state index is -0.589. The van der Waals surface area contributed by atoms with Gasteiger partial charge in [0, 0.05) is 0 Å². The molecule has 0 saturated carbocycles. The Bertz CT molecular complexity index is 283. The lowest BCUT2D eigenvalue weighted by Gasteiger charge is -2.23. The normalized spacial score (nSPS) is 12.5. The molecule has 1 rings (SSSR count). The summed E-state index contributed by atoms with van der Waals surface area (Å²) in [5, 5.41) is 3.60. The molecule has 74 valence electrons. The lowest BCUT2D eigenvalue weighted by Crippen LogP contribution is -2.25. The van der Waals surface area contributed by atoms with Crippen LogP contribution in [0.3, 0.4) is 0 Å². The van der Waals surface area contributed by atoms with Gasteiger partial charge in [-0.1, -0.05) is 0 Å². The van der Waals surface area contributed by atoms with Crippen molar-refractivity contribution >= 4 is 11.6 Å². The molecular weight excluding hydrogens is 192 g/mol. The van der Waals surface area contributed by atoms with Crippen LogP contribution in [0.15, 0.2) is 4.52 Å². The third-order valence-electron chi connectivity index (χ3n) is 1.45. The van der Waals surface area contributed by atoms with E-state index in [1.807, 2.05) is 27.7 Å². The fourth-order valence-corrected chi connectivity index (χ4v) is 1.20. The molecule has 13 heavy (non-hydrogen) atoms. The van der Waals surface area contributed by atoms with Crippen molar-refractivity contribution in [2.45, 2.75) is 39.4 Å². The highest BCUT2D eigenvalue weighted by atomic mass is 35.5. The molecule has 0 amide bonds. The number of nitrogens with zero attached hydrogens (tertiary/aromatic N) is 2. The van der Waals surface area contributed by atoms with Gasteiger partial charge in [0.15, 0.2) is 0 Å². The van der Waals surface area contributed by atoms with Crippen LogP contribution in [-0.4, -0.2) is 16.2 Å². The highest BCUT2D eigenvalue weighted by Crippen LogP contribution is 2.25. The zero-order valence-corrected chi connectivity index (χ0v) is 8.92. The van der Waals surface area contributed by atoms with Crippen LogP contribution in [0, 0.1) is 0 Å². The van der Waals surface area contributed by atoms with E-state index in [9.17, 15) is 0 Å². The van der Waals surface area contributed by atoms with Crippen LogP contribution < -0.4 is 0 Å². The Balaban J connectivity index is 2.80. The number of ether oxygens (including phenoxy) is 1. The van der Waals surface area contributed by atoms with Crippen LogP contribution in [0.2, 0.25) is 5.28 Å². The predicted octanol–water partition coefficient (Wildman–Crippen LogP) is 2.38. The number of aromatic nitrogens is 2. The van der Waals surface area contributed by atoms with Gasteiger partial charge in [-0.15, -0.1) is 0 Å². The second kappa shape index (κ2) is 3.64. The van der Waals surface area contributed by atoms with Gasteiger partial charge >= 0.3 is 0 Å². The average Bonchev–Trinajstić information content (AvgIpc) is 2.32. The summed E-state index contributed by atoms with van der Waals surface area (Å²) in [6.07, 6.45) is 0.0978. The van der Waals surface area contributed by atoms with Crippen LogP contribution in [0.4, 0.5) is 0 Å². The van der Waals surface area contributed by atoms with E-state index in [2.05, 4.69) is 10.1 Å². The smallest absolute Gasteiger partial charge is 0.263 e. The molecule has 0 atom stereocenters. The van der Waals surface area contributed by atoms with Gasteiger partial charge in [-0.05, 0) is 44.5 Å². The maximum atomic E-state index is 5.58. The third-order valence-corrected chi connectivity index (χ3v) is 1.60. The lowest BCUT2D eigenvalue weighted by atomic mass is 10.1. The first kappa shape index (κ1) is 10.5.